The van der Waals surface area contributed by atoms with Crippen LogP contribution in [0.4, 0.5) is 0 Å². The van der Waals surface area contributed by atoms with E-state index in [0.29, 0.717) is 12.8 Å². The molecule has 0 aliphatic heterocycles. The van der Waals surface area contributed by atoms with E-state index >= 15 is 0 Å². The van der Waals surface area contributed by atoms with E-state index in [2.05, 4.69) is 11.3 Å². The van der Waals surface area contributed by atoms with Gasteiger partial charge in [-0.1, -0.05) is 26.3 Å². The molecule has 0 aromatic heterocycles. The van der Waals surface area contributed by atoms with Crippen LogP contribution in [-0.2, 0) is 19.1 Å². The third kappa shape index (κ3) is 3.58. The van der Waals surface area contributed by atoms with Crippen molar-refractivity contribution in [3.63, 3.8) is 0 Å². The summed E-state index contributed by atoms with van der Waals surface area (Å²) in [6, 6.07) is 0. The van der Waals surface area contributed by atoms with Crippen LogP contribution in [0.25, 0.3) is 0 Å². The van der Waals surface area contributed by atoms with Crippen molar-refractivity contribution in [2.45, 2.75) is 32.6 Å². The number of esters is 1. The molecule has 0 saturated heterocycles. The molecular weight excluding hydrogens is 240 g/mol. The van der Waals surface area contributed by atoms with Crippen LogP contribution >= 0.6 is 0 Å². The molecule has 0 saturated carbocycles. The Morgan fingerprint density at radius 1 is 1.28 bits per heavy atom. The lowest BCUT2D eigenvalue weighted by Gasteiger charge is -2.28. The number of hydrogen-bond acceptors (Lipinski definition) is 4. The fourth-order valence-electron chi connectivity index (χ4n) is 1.66. The number of unbranched alkanes of at least 4 members (excludes halogenated alkanes) is 1. The van der Waals surface area contributed by atoms with E-state index in [9.17, 15) is 19.5 Å². The van der Waals surface area contributed by atoms with E-state index in [-0.39, 0.29) is 6.42 Å². The monoisotopic (exact) mass is 258 g/mol. The zero-order valence-electron chi connectivity index (χ0n) is 10.6. The molecular formula is C12H18O6. The second kappa shape index (κ2) is 6.78. The van der Waals surface area contributed by atoms with Crippen molar-refractivity contribution >= 4 is 17.9 Å². The quantitative estimate of drug-likeness (QED) is 0.504. The predicted molar refractivity (Wildman–Crippen MR) is 63.0 cm³/mol. The maximum absolute atomic E-state index is 11.4. The summed E-state index contributed by atoms with van der Waals surface area (Å²) in [6.07, 6.45) is 0.682. The molecule has 2 N–H and O–H groups in total. The number of methoxy groups -OCH3 is 1. The first-order chi connectivity index (χ1) is 8.31. The van der Waals surface area contributed by atoms with Gasteiger partial charge in [-0.15, -0.1) is 0 Å². The number of carboxylic acids is 2. The third-order valence-corrected chi connectivity index (χ3v) is 2.88. The first-order valence-electron chi connectivity index (χ1n) is 5.54. The van der Waals surface area contributed by atoms with Gasteiger partial charge in [0.05, 0.1) is 13.5 Å². The highest BCUT2D eigenvalue weighted by molar-refractivity contribution is 5.98. The van der Waals surface area contributed by atoms with E-state index in [4.69, 9.17) is 5.11 Å². The Hall–Kier alpha value is -1.85. The summed E-state index contributed by atoms with van der Waals surface area (Å²) >= 11 is 0. The van der Waals surface area contributed by atoms with Crippen LogP contribution < -0.4 is 0 Å². The van der Waals surface area contributed by atoms with Crippen molar-refractivity contribution in [3.05, 3.63) is 12.2 Å². The largest absolute Gasteiger partial charge is 0.481 e. The van der Waals surface area contributed by atoms with E-state index in [1.165, 1.54) is 0 Å². The molecule has 0 aliphatic rings. The van der Waals surface area contributed by atoms with Gasteiger partial charge in [-0.25, -0.2) is 4.79 Å². The highest BCUT2D eigenvalue weighted by Gasteiger charge is 2.45. The first-order valence-corrected chi connectivity index (χ1v) is 5.54. The molecule has 0 bridgehead atoms. The van der Waals surface area contributed by atoms with Gasteiger partial charge in [0.2, 0.25) is 0 Å². The minimum absolute atomic E-state index is 0.0407. The summed E-state index contributed by atoms with van der Waals surface area (Å²) < 4.78 is 4.43. The van der Waals surface area contributed by atoms with Crippen LogP contribution in [0.3, 0.4) is 0 Å². The lowest BCUT2D eigenvalue weighted by molar-refractivity contribution is -0.157. The third-order valence-electron chi connectivity index (χ3n) is 2.88. The van der Waals surface area contributed by atoms with Crippen molar-refractivity contribution in [2.24, 2.45) is 5.41 Å². The smallest absolute Gasteiger partial charge is 0.332 e. The van der Waals surface area contributed by atoms with E-state index in [1.807, 2.05) is 6.92 Å². The number of carbonyl (C=O) groups excluding carboxylic acids is 1. The second-order valence-electron chi connectivity index (χ2n) is 4.03. The predicted octanol–water partition coefficient (Wildman–Crippen LogP) is 1.45. The molecule has 6 heteroatoms. The molecule has 0 aromatic rings. The Labute approximate surface area is 105 Å². The molecule has 18 heavy (non-hydrogen) atoms. The lowest BCUT2D eigenvalue weighted by Crippen LogP contribution is -2.38. The van der Waals surface area contributed by atoms with Crippen molar-refractivity contribution in [1.82, 2.24) is 0 Å². The molecule has 1 unspecified atom stereocenters. The van der Waals surface area contributed by atoms with E-state index in [1.54, 1.807) is 0 Å². The normalized spacial score (nSPS) is 13.4. The van der Waals surface area contributed by atoms with Gasteiger partial charge >= 0.3 is 17.9 Å². The average molecular weight is 258 g/mol. The summed E-state index contributed by atoms with van der Waals surface area (Å²) in [5.74, 6) is -3.55. The Balaban J connectivity index is 5.41. The van der Waals surface area contributed by atoms with Gasteiger partial charge in [0.15, 0.2) is 0 Å². The number of rotatable bonds is 8. The van der Waals surface area contributed by atoms with Crippen molar-refractivity contribution < 1.29 is 29.3 Å². The maximum atomic E-state index is 11.4. The molecule has 0 aromatic carbocycles. The standard InChI is InChI=1S/C12H18O6/c1-4-5-6-12(11(16)17,7-9(13)18-3)8(2)10(14)15/h2,4-7H2,1,3H3,(H,14,15)(H,16,17). The van der Waals surface area contributed by atoms with E-state index in [0.717, 1.165) is 7.11 Å². The summed E-state index contributed by atoms with van der Waals surface area (Å²) in [5, 5.41) is 18.2. The Morgan fingerprint density at radius 2 is 1.83 bits per heavy atom. The SMILES string of the molecule is C=C(C(=O)O)C(CCCC)(CC(=O)OC)C(=O)O. The molecule has 102 valence electrons. The van der Waals surface area contributed by atoms with Crippen LogP contribution in [-0.4, -0.2) is 35.2 Å². The fourth-order valence-corrected chi connectivity index (χ4v) is 1.66. The topological polar surface area (TPSA) is 101 Å². The zero-order valence-corrected chi connectivity index (χ0v) is 10.6. The Bertz CT molecular complexity index is 360. The summed E-state index contributed by atoms with van der Waals surface area (Å²) in [7, 11) is 1.12. The summed E-state index contributed by atoms with van der Waals surface area (Å²) in [5.41, 5.74) is -2.29. The molecule has 1 atom stereocenters. The van der Waals surface area contributed by atoms with Gasteiger partial charge in [0.25, 0.3) is 0 Å². The molecule has 0 spiro atoms. The van der Waals surface area contributed by atoms with Gasteiger partial charge in [-0.2, -0.15) is 0 Å². The molecule has 6 nitrogen and oxygen atoms in total. The van der Waals surface area contributed by atoms with Gasteiger partial charge < -0.3 is 14.9 Å². The number of aliphatic carboxylic acids is 2. The van der Waals surface area contributed by atoms with Gasteiger partial charge in [-0.3, -0.25) is 9.59 Å². The van der Waals surface area contributed by atoms with Crippen molar-refractivity contribution in [2.75, 3.05) is 7.11 Å². The van der Waals surface area contributed by atoms with Crippen LogP contribution in [0, 0.1) is 5.41 Å². The second-order valence-corrected chi connectivity index (χ2v) is 4.03. The highest BCUT2D eigenvalue weighted by atomic mass is 16.5. The fraction of sp³-hybridized carbons (Fsp3) is 0.583. The molecule has 0 amide bonds. The van der Waals surface area contributed by atoms with Crippen LogP contribution in [0.2, 0.25) is 0 Å². The minimum Gasteiger partial charge on any atom is -0.481 e. The average Bonchev–Trinajstić information content (AvgIpc) is 2.32. The zero-order chi connectivity index (χ0) is 14.3. The van der Waals surface area contributed by atoms with Gasteiger partial charge in [0.1, 0.15) is 5.41 Å². The highest BCUT2D eigenvalue weighted by Crippen LogP contribution is 2.37. The van der Waals surface area contributed by atoms with Crippen LogP contribution in [0.1, 0.15) is 32.6 Å². The first kappa shape index (κ1) is 16.1. The Morgan fingerprint density at radius 3 is 2.17 bits per heavy atom. The number of carboxylic acid groups (broad SMARTS) is 2. The van der Waals surface area contributed by atoms with Gasteiger partial charge in [0, 0.05) is 5.57 Å². The molecule has 0 aliphatic carbocycles. The summed E-state index contributed by atoms with van der Waals surface area (Å²) in [4.78, 5) is 33.7. The molecule has 0 rings (SSSR count). The van der Waals surface area contributed by atoms with E-state index < -0.39 is 35.3 Å². The number of ether oxygens (including phenoxy) is 1. The van der Waals surface area contributed by atoms with Crippen molar-refractivity contribution in [1.29, 1.82) is 0 Å². The number of hydrogen-bond donors (Lipinski definition) is 2. The molecule has 0 fully saturated rings. The van der Waals surface area contributed by atoms with Crippen molar-refractivity contribution in [3.8, 4) is 0 Å². The number of carbonyl (C=O) groups is 3. The maximum Gasteiger partial charge on any atom is 0.332 e. The van der Waals surface area contributed by atoms with Crippen LogP contribution in [0.5, 0.6) is 0 Å². The lowest BCUT2D eigenvalue weighted by atomic mass is 9.73. The van der Waals surface area contributed by atoms with Crippen LogP contribution in [0.15, 0.2) is 12.2 Å². The minimum atomic E-state index is -1.80. The summed E-state index contributed by atoms with van der Waals surface area (Å²) in [6.45, 7) is 5.14. The van der Waals surface area contributed by atoms with Gasteiger partial charge in [-0.05, 0) is 6.42 Å². The molecule has 0 radical (unpaired) electrons. The molecule has 0 heterocycles. The Kier molecular flexibility index (Phi) is 6.08.